The summed E-state index contributed by atoms with van der Waals surface area (Å²) >= 11 is -2.55. The van der Waals surface area contributed by atoms with Crippen molar-refractivity contribution < 1.29 is 50.8 Å². The average molecular weight is 581 g/mol. The SMILES string of the molecule is CCCCCC(=O)[NH][Zr+2]([C]1=C(C)C(C)=C(C)C1C)[SiH](c1ccccc1)c1ccccc1.[Cl-].[Cl-]. The third kappa shape index (κ3) is 7.28. The fourth-order valence-corrected chi connectivity index (χ4v) is 26.7. The van der Waals surface area contributed by atoms with E-state index >= 15 is 0 Å². The topological polar surface area (TPSA) is 29.1 Å². The van der Waals surface area contributed by atoms with Crippen LogP contribution >= 0.6 is 0 Å². The molecule has 1 aliphatic rings. The fraction of sp³-hybridized carbons (Fsp3) is 0.370. The molecule has 0 spiro atoms. The van der Waals surface area contributed by atoms with Crippen molar-refractivity contribution >= 4 is 22.2 Å². The summed E-state index contributed by atoms with van der Waals surface area (Å²) in [6, 6.07) is 22.1. The number of hydrogen-bond donors (Lipinski definition) is 1. The Balaban J connectivity index is 0.00000272. The molecule has 0 fully saturated rings. The van der Waals surface area contributed by atoms with Crippen LogP contribution in [0.25, 0.3) is 0 Å². The Labute approximate surface area is 221 Å². The quantitative estimate of drug-likeness (QED) is 0.300. The summed E-state index contributed by atoms with van der Waals surface area (Å²) < 4.78 is 5.37. The number of benzene rings is 2. The molecule has 2 nitrogen and oxygen atoms in total. The summed E-state index contributed by atoms with van der Waals surface area (Å²) in [6.07, 6.45) is 3.93. The first-order valence-electron chi connectivity index (χ1n) is 11.6. The zero-order chi connectivity index (χ0) is 22.4. The van der Waals surface area contributed by atoms with Crippen LogP contribution in [0.2, 0.25) is 0 Å². The minimum Gasteiger partial charge on any atom is -1.00 e. The number of carbonyl (C=O) groups is 1. The Hall–Kier alpha value is -0.930. The molecule has 177 valence electrons. The minimum absolute atomic E-state index is 0. The van der Waals surface area contributed by atoms with Gasteiger partial charge >= 0.3 is 198 Å². The van der Waals surface area contributed by atoms with Crippen molar-refractivity contribution in [2.24, 2.45) is 5.92 Å². The van der Waals surface area contributed by atoms with Crippen LogP contribution in [0.15, 0.2) is 80.7 Å². The number of nitrogens with one attached hydrogen (secondary N) is 1. The van der Waals surface area contributed by atoms with Gasteiger partial charge in [-0.1, -0.05) is 0 Å². The second-order valence-electron chi connectivity index (χ2n) is 8.74. The maximum absolute atomic E-state index is 13.2. The summed E-state index contributed by atoms with van der Waals surface area (Å²) in [6.45, 7) is 11.4. The molecule has 0 bridgehead atoms. The van der Waals surface area contributed by atoms with Crippen LogP contribution in [-0.4, -0.2) is 11.8 Å². The van der Waals surface area contributed by atoms with Crippen LogP contribution < -0.4 is 38.4 Å². The summed E-state index contributed by atoms with van der Waals surface area (Å²) in [5.74, 6) is -0.836. The fourth-order valence-electron chi connectivity index (χ4n) is 4.66. The molecule has 0 saturated heterocycles. The van der Waals surface area contributed by atoms with Gasteiger partial charge in [0.25, 0.3) is 0 Å². The van der Waals surface area contributed by atoms with Crippen molar-refractivity contribution in [2.75, 3.05) is 0 Å². The number of hydrogen-bond acceptors (Lipinski definition) is 1. The molecule has 2 aromatic rings. The van der Waals surface area contributed by atoms with E-state index in [0.29, 0.717) is 12.3 Å². The van der Waals surface area contributed by atoms with E-state index in [1.165, 1.54) is 27.1 Å². The Morgan fingerprint density at radius 3 is 1.82 bits per heavy atom. The van der Waals surface area contributed by atoms with E-state index in [0.717, 1.165) is 19.3 Å². The van der Waals surface area contributed by atoms with E-state index in [2.05, 4.69) is 98.5 Å². The Kier molecular flexibility index (Phi) is 13.2. The van der Waals surface area contributed by atoms with E-state index in [9.17, 15) is 4.79 Å². The van der Waals surface area contributed by atoms with Gasteiger partial charge in [-0.25, -0.2) is 0 Å². The molecule has 1 atom stereocenters. The van der Waals surface area contributed by atoms with E-state index in [1.807, 2.05) is 0 Å². The number of unbranched alkanes of at least 4 members (excludes halogenated alkanes) is 2. The van der Waals surface area contributed by atoms with E-state index in [1.54, 1.807) is 3.28 Å². The van der Waals surface area contributed by atoms with Gasteiger partial charge in [-0.3, -0.25) is 0 Å². The van der Waals surface area contributed by atoms with Gasteiger partial charge in [-0.05, 0) is 0 Å². The van der Waals surface area contributed by atoms with Gasteiger partial charge in [-0.2, -0.15) is 0 Å². The molecule has 0 aliphatic heterocycles. The number of amides is 1. The zero-order valence-electron chi connectivity index (χ0n) is 20.4. The second-order valence-corrected chi connectivity index (χ2v) is 22.6. The van der Waals surface area contributed by atoms with Crippen LogP contribution in [0.4, 0.5) is 0 Å². The largest absolute Gasteiger partial charge is 1.00 e. The Morgan fingerprint density at radius 2 is 1.39 bits per heavy atom. The van der Waals surface area contributed by atoms with Crippen molar-refractivity contribution in [2.45, 2.75) is 60.3 Å². The number of allylic oxidation sites excluding steroid dienone is 4. The molecule has 3 rings (SSSR count). The molecule has 0 aromatic heterocycles. The van der Waals surface area contributed by atoms with Crippen molar-refractivity contribution in [3.05, 3.63) is 80.7 Å². The smallest absolute Gasteiger partial charge is 1.00 e. The third-order valence-corrected chi connectivity index (χ3v) is 26.1. The first-order chi connectivity index (χ1) is 15.0. The molecule has 1 amide bonds. The number of rotatable bonds is 9. The second kappa shape index (κ2) is 14.5. The summed E-state index contributed by atoms with van der Waals surface area (Å²) in [7, 11) is 0. The predicted octanol–water partition coefficient (Wildman–Crippen LogP) is -0.978. The van der Waals surface area contributed by atoms with E-state index in [-0.39, 0.29) is 30.7 Å². The molecular weight excluding hydrogens is 545 g/mol. The molecule has 6 heteroatoms. The molecule has 1 unspecified atom stereocenters. The van der Waals surface area contributed by atoms with Crippen molar-refractivity contribution in [1.29, 1.82) is 0 Å². The minimum atomic E-state index is -2.55. The normalized spacial score (nSPS) is 15.3. The first-order valence-corrected chi connectivity index (χ1v) is 20.1. The van der Waals surface area contributed by atoms with Crippen LogP contribution in [0.5, 0.6) is 0 Å². The van der Waals surface area contributed by atoms with Gasteiger partial charge < -0.3 is 24.8 Å². The van der Waals surface area contributed by atoms with Crippen LogP contribution in [0.3, 0.4) is 0 Å². The van der Waals surface area contributed by atoms with Gasteiger partial charge in [0.05, 0.1) is 0 Å². The predicted molar refractivity (Wildman–Crippen MR) is 132 cm³/mol. The van der Waals surface area contributed by atoms with Gasteiger partial charge in [-0.15, -0.1) is 0 Å². The van der Waals surface area contributed by atoms with Gasteiger partial charge in [0, 0.05) is 0 Å². The first kappa shape index (κ1) is 30.1. The van der Waals surface area contributed by atoms with Gasteiger partial charge in [0.2, 0.25) is 0 Å². The van der Waals surface area contributed by atoms with Crippen molar-refractivity contribution in [1.82, 2.24) is 3.26 Å². The van der Waals surface area contributed by atoms with Crippen molar-refractivity contribution in [3.63, 3.8) is 0 Å². The van der Waals surface area contributed by atoms with Crippen molar-refractivity contribution in [3.8, 4) is 0 Å². The van der Waals surface area contributed by atoms with E-state index < -0.39 is 27.1 Å². The maximum atomic E-state index is 13.2. The maximum Gasteiger partial charge on any atom is -1.00 e. The molecule has 1 N–H and O–H groups in total. The summed E-state index contributed by atoms with van der Waals surface area (Å²) in [5, 5.41) is 2.93. The average Bonchev–Trinajstić information content (AvgIpc) is 2.97. The standard InChI is InChI=1S/C12H11Si.C9H13.C6H13NO.2ClH.Zr/c1-3-7-11(8-4-1)13-12-9-5-2-6-10-12;1-6-5-7(2)9(4)8(6)3;1-2-3-4-5-6(7)8;;;/h1-10,13H;6H,1-4H3;2-5H2,1H3,(H2,7,8);2*1H;/q;;;;;+3/p-3. The van der Waals surface area contributed by atoms with Crippen LogP contribution in [-0.2, 0) is 26.0 Å². The molecule has 2 aromatic carbocycles. The van der Waals surface area contributed by atoms with E-state index in [4.69, 9.17) is 0 Å². The summed E-state index contributed by atoms with van der Waals surface area (Å²) in [5.41, 5.74) is 4.38. The Morgan fingerprint density at radius 1 is 0.879 bits per heavy atom. The van der Waals surface area contributed by atoms with Gasteiger partial charge in [0.15, 0.2) is 0 Å². The Bertz CT molecular complexity index is 923. The monoisotopic (exact) mass is 578 g/mol. The number of halogens is 2. The molecular formula is C27H36Cl2NOSiZr. The van der Waals surface area contributed by atoms with Crippen LogP contribution in [0, 0.1) is 5.92 Å². The zero-order valence-corrected chi connectivity index (χ0v) is 25.5. The molecule has 0 heterocycles. The molecule has 33 heavy (non-hydrogen) atoms. The van der Waals surface area contributed by atoms with Crippen LogP contribution in [0.1, 0.15) is 60.3 Å². The van der Waals surface area contributed by atoms with Gasteiger partial charge in [0.1, 0.15) is 0 Å². The molecule has 0 radical (unpaired) electrons. The number of carbonyl (C=O) groups excluding carboxylic acids is 1. The molecule has 0 saturated carbocycles. The summed E-state index contributed by atoms with van der Waals surface area (Å²) in [4.78, 5) is 13.2. The molecule has 1 aliphatic carbocycles. The third-order valence-electron chi connectivity index (χ3n) is 6.77.